The maximum atomic E-state index is 12.0. The second kappa shape index (κ2) is 8.17. The quantitative estimate of drug-likeness (QED) is 0.715. The molecule has 0 amide bonds. The Morgan fingerprint density at radius 3 is 2.17 bits per heavy atom. The van der Waals surface area contributed by atoms with Gasteiger partial charge in [-0.3, -0.25) is 14.6 Å². The van der Waals surface area contributed by atoms with Gasteiger partial charge in [0.05, 0.1) is 0 Å². The molecule has 3 heteroatoms. The summed E-state index contributed by atoms with van der Waals surface area (Å²) in [7, 11) is 0. The Labute approximate surface area is 111 Å². The molecule has 0 aliphatic rings. The zero-order valence-electron chi connectivity index (χ0n) is 12.2. The van der Waals surface area contributed by atoms with Crippen LogP contribution in [0, 0.1) is 0 Å². The van der Waals surface area contributed by atoms with Gasteiger partial charge in [-0.2, -0.15) is 0 Å². The standard InChI is InChI=1S/C15H28N2O/c1-4-7-10-13-14(11-8-5-2)17(12-9-6-3)16-15(13)18/h4-12H2,1-3H3,(H,16,18). The molecule has 18 heavy (non-hydrogen) atoms. The lowest BCUT2D eigenvalue weighted by molar-refractivity contribution is 0.538. The predicted octanol–water partition coefficient (Wildman–Crippen LogP) is 3.66. The van der Waals surface area contributed by atoms with Crippen LogP contribution in [0.5, 0.6) is 0 Å². The molecule has 3 nitrogen and oxygen atoms in total. The first kappa shape index (κ1) is 15.1. The number of nitrogens with zero attached hydrogens (tertiary/aromatic N) is 1. The van der Waals surface area contributed by atoms with Gasteiger partial charge in [-0.1, -0.05) is 40.0 Å². The Kier molecular flexibility index (Phi) is 6.84. The molecule has 1 N–H and O–H groups in total. The van der Waals surface area contributed by atoms with E-state index in [1.807, 2.05) is 0 Å². The number of aromatic nitrogens is 2. The van der Waals surface area contributed by atoms with Crippen molar-refractivity contribution in [3.8, 4) is 0 Å². The Morgan fingerprint density at radius 2 is 1.56 bits per heavy atom. The third-order valence-electron chi connectivity index (χ3n) is 3.47. The number of rotatable bonds is 9. The predicted molar refractivity (Wildman–Crippen MR) is 77.2 cm³/mol. The van der Waals surface area contributed by atoms with Gasteiger partial charge in [0.2, 0.25) is 0 Å². The molecule has 0 atom stereocenters. The normalized spacial score (nSPS) is 11.1. The minimum absolute atomic E-state index is 0.144. The molecular weight excluding hydrogens is 224 g/mol. The van der Waals surface area contributed by atoms with Gasteiger partial charge in [0.1, 0.15) is 0 Å². The van der Waals surface area contributed by atoms with Crippen LogP contribution in [0.2, 0.25) is 0 Å². The van der Waals surface area contributed by atoms with Crippen LogP contribution in [0.4, 0.5) is 0 Å². The second-order valence-electron chi connectivity index (χ2n) is 5.08. The first-order valence-electron chi connectivity index (χ1n) is 7.55. The van der Waals surface area contributed by atoms with Gasteiger partial charge in [-0.15, -0.1) is 0 Å². The van der Waals surface area contributed by atoms with Crippen LogP contribution < -0.4 is 5.56 Å². The minimum Gasteiger partial charge on any atom is -0.289 e. The number of unbranched alkanes of at least 4 members (excludes halogenated alkanes) is 3. The first-order chi connectivity index (χ1) is 8.74. The summed E-state index contributed by atoms with van der Waals surface area (Å²) in [4.78, 5) is 12.0. The van der Waals surface area contributed by atoms with E-state index in [0.29, 0.717) is 0 Å². The third kappa shape index (κ3) is 4.04. The lowest BCUT2D eigenvalue weighted by Gasteiger charge is -2.09. The van der Waals surface area contributed by atoms with Crippen LogP contribution in [-0.2, 0) is 19.4 Å². The van der Waals surface area contributed by atoms with Crippen molar-refractivity contribution in [3.05, 3.63) is 21.6 Å². The topological polar surface area (TPSA) is 37.8 Å². The molecule has 0 saturated carbocycles. The number of hydrogen-bond donors (Lipinski definition) is 1. The van der Waals surface area contributed by atoms with Gasteiger partial charge in [-0.25, -0.2) is 0 Å². The summed E-state index contributed by atoms with van der Waals surface area (Å²) in [6.45, 7) is 7.52. The smallest absolute Gasteiger partial charge is 0.267 e. The van der Waals surface area contributed by atoms with Crippen molar-refractivity contribution in [2.24, 2.45) is 0 Å². The Balaban J connectivity index is 2.90. The van der Waals surface area contributed by atoms with Crippen LogP contribution in [0.3, 0.4) is 0 Å². The molecule has 0 aliphatic carbocycles. The van der Waals surface area contributed by atoms with Crippen molar-refractivity contribution in [2.75, 3.05) is 0 Å². The fourth-order valence-electron chi connectivity index (χ4n) is 2.30. The van der Waals surface area contributed by atoms with Crippen molar-refractivity contribution in [1.82, 2.24) is 9.78 Å². The molecule has 1 rings (SSSR count). The van der Waals surface area contributed by atoms with Crippen LogP contribution in [0.1, 0.15) is 70.6 Å². The van der Waals surface area contributed by atoms with E-state index in [1.165, 1.54) is 18.5 Å². The average molecular weight is 252 g/mol. The molecule has 0 fully saturated rings. The molecule has 1 aromatic rings. The monoisotopic (exact) mass is 252 g/mol. The highest BCUT2D eigenvalue weighted by Crippen LogP contribution is 2.12. The van der Waals surface area contributed by atoms with Crippen molar-refractivity contribution >= 4 is 0 Å². The van der Waals surface area contributed by atoms with Gasteiger partial charge >= 0.3 is 0 Å². The number of H-pyrrole nitrogens is 1. The molecule has 0 unspecified atom stereocenters. The number of hydrogen-bond acceptors (Lipinski definition) is 1. The Bertz CT molecular complexity index is 390. The lowest BCUT2D eigenvalue weighted by atomic mass is 10.1. The molecule has 1 heterocycles. The first-order valence-corrected chi connectivity index (χ1v) is 7.55. The highest BCUT2D eigenvalue weighted by Gasteiger charge is 2.13. The van der Waals surface area contributed by atoms with Gasteiger partial charge < -0.3 is 0 Å². The van der Waals surface area contributed by atoms with Crippen molar-refractivity contribution in [2.45, 2.75) is 78.7 Å². The molecule has 104 valence electrons. The van der Waals surface area contributed by atoms with E-state index in [-0.39, 0.29) is 5.56 Å². The van der Waals surface area contributed by atoms with E-state index in [0.717, 1.165) is 50.6 Å². The average Bonchev–Trinajstić information content (AvgIpc) is 2.67. The van der Waals surface area contributed by atoms with E-state index in [1.54, 1.807) is 0 Å². The highest BCUT2D eigenvalue weighted by atomic mass is 16.1. The lowest BCUT2D eigenvalue weighted by Crippen LogP contribution is -2.08. The Morgan fingerprint density at radius 1 is 0.944 bits per heavy atom. The summed E-state index contributed by atoms with van der Waals surface area (Å²) >= 11 is 0. The van der Waals surface area contributed by atoms with Gasteiger partial charge in [0.25, 0.3) is 5.56 Å². The van der Waals surface area contributed by atoms with Gasteiger partial charge in [0.15, 0.2) is 0 Å². The summed E-state index contributed by atoms with van der Waals surface area (Å²) in [6.07, 6.45) is 8.88. The van der Waals surface area contributed by atoms with Gasteiger partial charge in [0, 0.05) is 17.8 Å². The highest BCUT2D eigenvalue weighted by molar-refractivity contribution is 5.18. The van der Waals surface area contributed by atoms with Crippen molar-refractivity contribution in [1.29, 1.82) is 0 Å². The molecule has 1 aromatic heterocycles. The maximum absolute atomic E-state index is 12.0. The minimum atomic E-state index is 0.144. The number of aryl methyl sites for hydroxylation is 1. The van der Waals surface area contributed by atoms with Crippen LogP contribution in [-0.4, -0.2) is 9.78 Å². The molecule has 0 aliphatic heterocycles. The summed E-state index contributed by atoms with van der Waals surface area (Å²) in [5, 5.41) is 3.03. The SMILES string of the molecule is CCCCc1c(CCCC)n(CCCC)[nH]c1=O. The fourth-order valence-corrected chi connectivity index (χ4v) is 2.30. The summed E-state index contributed by atoms with van der Waals surface area (Å²) in [6, 6.07) is 0. The molecule has 0 spiro atoms. The van der Waals surface area contributed by atoms with Gasteiger partial charge in [-0.05, 0) is 32.1 Å². The van der Waals surface area contributed by atoms with E-state index in [2.05, 4.69) is 30.6 Å². The molecule has 0 saturated heterocycles. The maximum Gasteiger partial charge on any atom is 0.267 e. The number of aromatic amines is 1. The summed E-state index contributed by atoms with van der Waals surface area (Å²) in [5.41, 5.74) is 2.45. The zero-order valence-corrected chi connectivity index (χ0v) is 12.2. The Hall–Kier alpha value is -0.990. The zero-order chi connectivity index (χ0) is 13.4. The van der Waals surface area contributed by atoms with Crippen LogP contribution >= 0.6 is 0 Å². The summed E-state index contributed by atoms with van der Waals surface area (Å²) in [5.74, 6) is 0. The molecular formula is C15H28N2O. The largest absolute Gasteiger partial charge is 0.289 e. The van der Waals surface area contributed by atoms with Crippen LogP contribution in [0.25, 0.3) is 0 Å². The molecule has 0 radical (unpaired) electrons. The van der Waals surface area contributed by atoms with E-state index in [9.17, 15) is 4.79 Å². The third-order valence-corrected chi connectivity index (χ3v) is 3.47. The van der Waals surface area contributed by atoms with Crippen molar-refractivity contribution < 1.29 is 0 Å². The van der Waals surface area contributed by atoms with E-state index < -0.39 is 0 Å². The summed E-state index contributed by atoms with van der Waals surface area (Å²) < 4.78 is 2.10. The second-order valence-corrected chi connectivity index (χ2v) is 5.08. The van der Waals surface area contributed by atoms with E-state index >= 15 is 0 Å². The number of nitrogens with one attached hydrogen (secondary N) is 1. The van der Waals surface area contributed by atoms with E-state index in [4.69, 9.17) is 0 Å². The molecule has 0 bridgehead atoms. The van der Waals surface area contributed by atoms with Crippen molar-refractivity contribution in [3.63, 3.8) is 0 Å². The van der Waals surface area contributed by atoms with Crippen LogP contribution in [0.15, 0.2) is 4.79 Å². The fraction of sp³-hybridized carbons (Fsp3) is 0.800. The molecule has 0 aromatic carbocycles.